The Morgan fingerprint density at radius 3 is 0.968 bits per heavy atom. The van der Waals surface area contributed by atoms with E-state index in [0.717, 1.165) is 33.8 Å². The largest absolute Gasteiger partial charge is 0.543 e. The van der Waals surface area contributed by atoms with Gasteiger partial charge in [0.1, 0.15) is 35.1 Å². The Hall–Kier alpha value is -4.15. The molecule has 0 spiro atoms. The van der Waals surface area contributed by atoms with Gasteiger partial charge < -0.3 is 19.1 Å². The van der Waals surface area contributed by atoms with Crippen molar-refractivity contribution in [3.05, 3.63) is 118 Å². The Labute approximate surface area is 378 Å². The lowest BCUT2D eigenvalue weighted by Gasteiger charge is -2.42. The molecule has 0 radical (unpaired) electrons. The minimum Gasteiger partial charge on any atom is -0.543 e. The van der Waals surface area contributed by atoms with Gasteiger partial charge in [0, 0.05) is 34.7 Å². The maximum atomic E-state index is 12.0. The van der Waals surface area contributed by atoms with E-state index < -0.39 is 28.7 Å². The summed E-state index contributed by atoms with van der Waals surface area (Å²) in [6.45, 7) is 40.2. The van der Waals surface area contributed by atoms with Crippen molar-refractivity contribution in [1.29, 1.82) is 0 Å². The highest BCUT2D eigenvalue weighted by molar-refractivity contribution is 6.78. The SMILES string of the molecule is CC(C)[Si](Oc1cc(C=N[C@@H](c2ccccc2)[C@@H](N=Cc2cc(O[Si](C(C)C)(C(C)C)C(C)C)cc(C(C)(C)C)c2O)c2ccccc2)c(O)c(C(C)(C)C)c1)(C(C)C)C(C)C. The van der Waals surface area contributed by atoms with Gasteiger partial charge >= 0.3 is 0 Å². The van der Waals surface area contributed by atoms with Gasteiger partial charge in [-0.05, 0) is 79.5 Å². The van der Waals surface area contributed by atoms with Crippen LogP contribution in [0.3, 0.4) is 0 Å². The molecule has 338 valence electrons. The van der Waals surface area contributed by atoms with Gasteiger partial charge in [-0.25, -0.2) is 0 Å². The summed E-state index contributed by atoms with van der Waals surface area (Å²) in [7, 11) is -4.64. The molecule has 2 atom stereocenters. The number of aromatic hydroxyl groups is 2. The van der Waals surface area contributed by atoms with Crippen molar-refractivity contribution in [1.82, 2.24) is 0 Å². The molecule has 0 aromatic heterocycles. The number of phenols is 2. The Kier molecular flexibility index (Phi) is 16.4. The van der Waals surface area contributed by atoms with Crippen molar-refractivity contribution in [2.45, 2.75) is 181 Å². The van der Waals surface area contributed by atoms with Crippen molar-refractivity contribution in [2.75, 3.05) is 0 Å². The lowest BCUT2D eigenvalue weighted by molar-refractivity contribution is 0.437. The van der Waals surface area contributed by atoms with E-state index in [1.807, 2.05) is 73.1 Å². The van der Waals surface area contributed by atoms with Crippen molar-refractivity contribution in [3.8, 4) is 23.0 Å². The highest BCUT2D eigenvalue weighted by atomic mass is 28.4. The molecule has 8 heteroatoms. The first-order valence-electron chi connectivity index (χ1n) is 23.1. The molecule has 0 aliphatic carbocycles. The third kappa shape index (κ3) is 11.0. The maximum absolute atomic E-state index is 12.0. The molecular weight excluding hydrogens is 797 g/mol. The molecule has 0 aliphatic heterocycles. The quantitative estimate of drug-likeness (QED) is 0.0817. The Morgan fingerprint density at radius 2 is 0.726 bits per heavy atom. The first-order valence-corrected chi connectivity index (χ1v) is 27.4. The number of nitrogens with zero attached hydrogens (tertiary/aromatic N) is 2. The molecule has 4 rings (SSSR count). The van der Waals surface area contributed by atoms with Crippen LogP contribution in [0.15, 0.2) is 94.9 Å². The predicted octanol–water partition coefficient (Wildman–Crippen LogP) is 15.8. The summed E-state index contributed by atoms with van der Waals surface area (Å²) in [5.41, 5.74) is 6.39. The summed E-state index contributed by atoms with van der Waals surface area (Å²) in [6, 6.07) is 27.5. The predicted molar refractivity (Wildman–Crippen MR) is 271 cm³/mol. The molecular formula is C54H80N2O4Si2. The molecule has 6 nitrogen and oxygen atoms in total. The average molecular weight is 877 g/mol. The van der Waals surface area contributed by atoms with Gasteiger partial charge in [0.05, 0.1) is 0 Å². The normalized spacial score (nSPS) is 14.4. The van der Waals surface area contributed by atoms with Gasteiger partial charge in [0.15, 0.2) is 0 Å². The van der Waals surface area contributed by atoms with Crippen LogP contribution in [0.25, 0.3) is 0 Å². The molecule has 0 fully saturated rings. The second-order valence-corrected chi connectivity index (χ2v) is 32.2. The molecule has 4 aromatic carbocycles. The van der Waals surface area contributed by atoms with Gasteiger partial charge in [0.25, 0.3) is 16.6 Å². The molecule has 0 heterocycles. The smallest absolute Gasteiger partial charge is 0.258 e. The standard InChI is InChI=1S/C54H80N2O4Si2/c1-35(2)61(36(3)4,37(5)6)59-45-29-43(51(57)47(31-45)53(13,14)15)33-55-49(41-25-21-19-22-26-41)50(42-27-23-20-24-28-42)56-34-44-30-46(32-48(52(44)58)54(16,17)18)60-62(38(7)8,39(9)10)40(11)12/h19-40,49-50,57-58H,1-18H3/t49-,50-/m0/s1. The van der Waals surface area contributed by atoms with E-state index >= 15 is 0 Å². The van der Waals surface area contributed by atoms with Crippen molar-refractivity contribution in [2.24, 2.45) is 9.98 Å². The molecule has 0 aliphatic rings. The van der Waals surface area contributed by atoms with Gasteiger partial charge in [-0.1, -0.05) is 185 Å². The Bertz CT molecular complexity index is 1930. The van der Waals surface area contributed by atoms with Crippen LogP contribution in [0.4, 0.5) is 0 Å². The van der Waals surface area contributed by atoms with Gasteiger partial charge in [-0.3, -0.25) is 9.98 Å². The van der Waals surface area contributed by atoms with Crippen LogP contribution in [-0.4, -0.2) is 39.3 Å². The summed E-state index contributed by atoms with van der Waals surface area (Å²) in [6.07, 6.45) is 3.61. The van der Waals surface area contributed by atoms with Crippen molar-refractivity contribution in [3.63, 3.8) is 0 Å². The fourth-order valence-corrected chi connectivity index (χ4v) is 20.6. The minimum atomic E-state index is -2.32. The number of hydrogen-bond acceptors (Lipinski definition) is 6. The van der Waals surface area contributed by atoms with E-state index in [2.05, 4.69) is 149 Å². The van der Waals surface area contributed by atoms with E-state index in [0.29, 0.717) is 44.4 Å². The zero-order valence-corrected chi connectivity index (χ0v) is 43.5. The molecule has 62 heavy (non-hydrogen) atoms. The van der Waals surface area contributed by atoms with Gasteiger partial charge in [-0.2, -0.15) is 0 Å². The van der Waals surface area contributed by atoms with Crippen LogP contribution < -0.4 is 8.85 Å². The zero-order chi connectivity index (χ0) is 46.5. The van der Waals surface area contributed by atoms with E-state index in [4.69, 9.17) is 18.8 Å². The summed E-state index contributed by atoms with van der Waals surface area (Å²) < 4.78 is 14.5. The van der Waals surface area contributed by atoms with Crippen LogP contribution in [-0.2, 0) is 10.8 Å². The van der Waals surface area contributed by atoms with Crippen molar-refractivity contribution < 1.29 is 19.1 Å². The summed E-state index contributed by atoms with van der Waals surface area (Å²) in [5.74, 6) is 1.95. The zero-order valence-electron chi connectivity index (χ0n) is 41.5. The first-order chi connectivity index (χ1) is 28.8. The Balaban J connectivity index is 1.98. The van der Waals surface area contributed by atoms with Crippen LogP contribution in [0.2, 0.25) is 33.2 Å². The van der Waals surface area contributed by atoms with Crippen LogP contribution in [0, 0.1) is 0 Å². The average Bonchev–Trinajstić information content (AvgIpc) is 3.17. The number of aliphatic imine (C=N–C) groups is 2. The minimum absolute atomic E-state index is 0.200. The van der Waals surface area contributed by atoms with E-state index in [9.17, 15) is 10.2 Å². The molecule has 4 aromatic rings. The van der Waals surface area contributed by atoms with Crippen LogP contribution in [0.1, 0.15) is 170 Å². The van der Waals surface area contributed by atoms with E-state index in [1.165, 1.54) is 0 Å². The lowest BCUT2D eigenvalue weighted by Crippen LogP contribution is -2.50. The van der Waals surface area contributed by atoms with E-state index in [1.54, 1.807) is 0 Å². The van der Waals surface area contributed by atoms with Gasteiger partial charge in [0.2, 0.25) is 0 Å². The fourth-order valence-electron chi connectivity index (χ4n) is 10.2. The molecule has 0 amide bonds. The summed E-state index contributed by atoms with van der Waals surface area (Å²) in [4.78, 5) is 10.7. The van der Waals surface area contributed by atoms with Crippen molar-refractivity contribution >= 4 is 29.1 Å². The van der Waals surface area contributed by atoms with Gasteiger partial charge in [-0.15, -0.1) is 0 Å². The number of phenolic OH excluding ortho intramolecular Hbond substituents is 2. The first kappa shape index (κ1) is 50.5. The number of rotatable bonds is 17. The second kappa shape index (κ2) is 20.1. The Morgan fingerprint density at radius 1 is 0.452 bits per heavy atom. The highest BCUT2D eigenvalue weighted by Crippen LogP contribution is 2.47. The third-order valence-electron chi connectivity index (χ3n) is 13.2. The third-order valence-corrected chi connectivity index (χ3v) is 25.2. The van der Waals surface area contributed by atoms with Crippen LogP contribution in [0.5, 0.6) is 23.0 Å². The lowest BCUT2D eigenvalue weighted by atomic mass is 9.85. The summed E-state index contributed by atoms with van der Waals surface area (Å²) >= 11 is 0. The topological polar surface area (TPSA) is 83.6 Å². The number of hydrogen-bond donors (Lipinski definition) is 2. The maximum Gasteiger partial charge on any atom is 0.258 e. The fraction of sp³-hybridized carbons (Fsp3) is 0.519. The molecule has 0 saturated carbocycles. The second-order valence-electron chi connectivity index (χ2n) is 21.4. The molecule has 0 unspecified atom stereocenters. The van der Waals surface area contributed by atoms with E-state index in [-0.39, 0.29) is 22.3 Å². The van der Waals surface area contributed by atoms with Crippen LogP contribution >= 0.6 is 0 Å². The number of benzene rings is 4. The molecule has 0 saturated heterocycles. The highest BCUT2D eigenvalue weighted by Gasteiger charge is 2.48. The molecule has 0 bridgehead atoms. The molecule has 2 N–H and O–H groups in total. The monoisotopic (exact) mass is 877 g/mol. The summed E-state index contributed by atoms with van der Waals surface area (Å²) in [5, 5.41) is 24.0.